The van der Waals surface area contributed by atoms with Gasteiger partial charge in [0.05, 0.1) is 15.7 Å². The van der Waals surface area contributed by atoms with Crippen LogP contribution in [0.5, 0.6) is 0 Å². The Kier molecular flexibility index (Phi) is 4.53. The topological polar surface area (TPSA) is 43.1 Å². The standard InChI is InChI=1S/C14H9Cl3FNO/c15-9-1-2-12(18)7(3-9)6-13(20)8-4-10(16)14(19)11(17)5-8/h1-5H,6,19H2. The maximum Gasteiger partial charge on any atom is 0.167 e. The normalized spacial score (nSPS) is 10.6. The van der Waals surface area contributed by atoms with Gasteiger partial charge in [-0.3, -0.25) is 4.79 Å². The second kappa shape index (κ2) is 6.00. The summed E-state index contributed by atoms with van der Waals surface area (Å²) < 4.78 is 13.6. The molecule has 2 aromatic carbocycles. The average Bonchev–Trinajstić information content (AvgIpc) is 2.39. The van der Waals surface area contributed by atoms with Crippen molar-refractivity contribution >= 4 is 46.3 Å². The van der Waals surface area contributed by atoms with E-state index < -0.39 is 5.82 Å². The summed E-state index contributed by atoms with van der Waals surface area (Å²) in [7, 11) is 0. The van der Waals surface area contributed by atoms with Crippen molar-refractivity contribution < 1.29 is 9.18 Å². The molecule has 0 radical (unpaired) electrons. The summed E-state index contributed by atoms with van der Waals surface area (Å²) in [4.78, 5) is 12.1. The van der Waals surface area contributed by atoms with E-state index in [4.69, 9.17) is 40.5 Å². The monoisotopic (exact) mass is 331 g/mol. The van der Waals surface area contributed by atoms with Gasteiger partial charge in [0.25, 0.3) is 0 Å². The molecule has 104 valence electrons. The van der Waals surface area contributed by atoms with E-state index in [9.17, 15) is 9.18 Å². The maximum atomic E-state index is 13.6. The Morgan fingerprint density at radius 3 is 2.30 bits per heavy atom. The van der Waals surface area contributed by atoms with Crippen LogP contribution in [0.2, 0.25) is 15.1 Å². The fourth-order valence-corrected chi connectivity index (χ4v) is 2.38. The van der Waals surface area contributed by atoms with E-state index in [1.54, 1.807) is 0 Å². The largest absolute Gasteiger partial charge is 0.396 e. The highest BCUT2D eigenvalue weighted by molar-refractivity contribution is 6.39. The number of carbonyl (C=O) groups excluding carboxylic acids is 1. The first-order chi connectivity index (χ1) is 9.38. The van der Waals surface area contributed by atoms with E-state index in [0.29, 0.717) is 5.02 Å². The van der Waals surface area contributed by atoms with Crippen molar-refractivity contribution in [2.45, 2.75) is 6.42 Å². The van der Waals surface area contributed by atoms with Crippen molar-refractivity contribution in [3.05, 3.63) is 62.3 Å². The van der Waals surface area contributed by atoms with Crippen LogP contribution < -0.4 is 5.73 Å². The van der Waals surface area contributed by atoms with Gasteiger partial charge in [-0.25, -0.2) is 4.39 Å². The molecule has 0 saturated heterocycles. The molecule has 0 aromatic heterocycles. The molecule has 0 heterocycles. The highest BCUT2D eigenvalue weighted by Gasteiger charge is 2.14. The molecule has 20 heavy (non-hydrogen) atoms. The van der Waals surface area contributed by atoms with E-state index in [-0.39, 0.29) is 39.1 Å². The number of ketones is 1. The number of Topliss-reactive ketones (excluding diaryl/α,β-unsaturated/α-hetero) is 1. The van der Waals surface area contributed by atoms with Gasteiger partial charge in [-0.05, 0) is 35.9 Å². The van der Waals surface area contributed by atoms with E-state index in [1.807, 2.05) is 0 Å². The van der Waals surface area contributed by atoms with Crippen molar-refractivity contribution in [1.29, 1.82) is 0 Å². The average molecular weight is 333 g/mol. The van der Waals surface area contributed by atoms with Crippen LogP contribution in [0, 0.1) is 5.82 Å². The summed E-state index contributed by atoms with van der Waals surface area (Å²) in [5.41, 5.74) is 6.29. The number of carbonyl (C=O) groups is 1. The van der Waals surface area contributed by atoms with Crippen LogP contribution in [-0.4, -0.2) is 5.78 Å². The molecule has 2 rings (SSSR count). The van der Waals surface area contributed by atoms with Gasteiger partial charge in [-0.2, -0.15) is 0 Å². The number of anilines is 1. The third kappa shape index (κ3) is 3.23. The molecule has 2 N–H and O–H groups in total. The molecule has 0 aliphatic heterocycles. The third-order valence-corrected chi connectivity index (χ3v) is 3.62. The second-order valence-electron chi connectivity index (χ2n) is 4.19. The lowest BCUT2D eigenvalue weighted by atomic mass is 10.0. The van der Waals surface area contributed by atoms with Gasteiger partial charge in [-0.1, -0.05) is 34.8 Å². The second-order valence-corrected chi connectivity index (χ2v) is 5.44. The minimum absolute atomic E-state index is 0.136. The number of halogens is 4. The smallest absolute Gasteiger partial charge is 0.167 e. The molecule has 0 saturated carbocycles. The molecular weight excluding hydrogens is 324 g/mol. The number of benzene rings is 2. The van der Waals surface area contributed by atoms with Crippen molar-refractivity contribution in [3.63, 3.8) is 0 Å². The van der Waals surface area contributed by atoms with Gasteiger partial charge in [0.1, 0.15) is 5.82 Å². The third-order valence-electron chi connectivity index (χ3n) is 2.76. The van der Waals surface area contributed by atoms with Crippen molar-refractivity contribution in [2.24, 2.45) is 0 Å². The summed E-state index contributed by atoms with van der Waals surface area (Å²) >= 11 is 17.5. The number of nitrogen functional groups attached to an aromatic ring is 1. The first kappa shape index (κ1) is 15.1. The number of hydrogen-bond acceptors (Lipinski definition) is 2. The zero-order valence-corrected chi connectivity index (χ0v) is 12.4. The predicted molar refractivity (Wildman–Crippen MR) is 80.3 cm³/mol. The molecule has 2 nitrogen and oxygen atoms in total. The number of rotatable bonds is 3. The molecule has 2 aromatic rings. The van der Waals surface area contributed by atoms with Gasteiger partial charge in [0, 0.05) is 17.0 Å². The zero-order valence-electron chi connectivity index (χ0n) is 10.1. The first-order valence-electron chi connectivity index (χ1n) is 5.60. The maximum absolute atomic E-state index is 13.6. The lowest BCUT2D eigenvalue weighted by Gasteiger charge is -2.07. The van der Waals surface area contributed by atoms with E-state index in [2.05, 4.69) is 0 Å². The van der Waals surface area contributed by atoms with E-state index >= 15 is 0 Å². The zero-order chi connectivity index (χ0) is 14.9. The first-order valence-corrected chi connectivity index (χ1v) is 6.73. The Labute approximate surface area is 130 Å². The molecule has 0 spiro atoms. The van der Waals surface area contributed by atoms with Gasteiger partial charge < -0.3 is 5.73 Å². The minimum Gasteiger partial charge on any atom is -0.396 e. The van der Waals surface area contributed by atoms with E-state index in [0.717, 1.165) is 0 Å². The van der Waals surface area contributed by atoms with Crippen LogP contribution in [0.4, 0.5) is 10.1 Å². The molecule has 0 bridgehead atoms. The van der Waals surface area contributed by atoms with Crippen LogP contribution in [0.1, 0.15) is 15.9 Å². The summed E-state index contributed by atoms with van der Waals surface area (Å²) in [5, 5.41) is 0.738. The van der Waals surface area contributed by atoms with Gasteiger partial charge in [-0.15, -0.1) is 0 Å². The molecule has 0 fully saturated rings. The fourth-order valence-electron chi connectivity index (χ4n) is 1.70. The van der Waals surface area contributed by atoms with Crippen LogP contribution in [0.25, 0.3) is 0 Å². The summed E-state index contributed by atoms with van der Waals surface area (Å²) in [6, 6.07) is 6.87. The molecule has 0 amide bonds. The van der Waals surface area contributed by atoms with Crippen LogP contribution in [0.3, 0.4) is 0 Å². The van der Waals surface area contributed by atoms with Gasteiger partial charge >= 0.3 is 0 Å². The van der Waals surface area contributed by atoms with Crippen LogP contribution in [-0.2, 0) is 6.42 Å². The van der Waals surface area contributed by atoms with Gasteiger partial charge in [0.15, 0.2) is 5.78 Å². The fraction of sp³-hybridized carbons (Fsp3) is 0.0714. The van der Waals surface area contributed by atoms with Crippen molar-refractivity contribution in [1.82, 2.24) is 0 Å². The Morgan fingerprint density at radius 1 is 1.10 bits per heavy atom. The molecule has 0 aliphatic rings. The highest BCUT2D eigenvalue weighted by Crippen LogP contribution is 2.29. The van der Waals surface area contributed by atoms with E-state index in [1.165, 1.54) is 30.3 Å². The molecule has 0 aliphatic carbocycles. The van der Waals surface area contributed by atoms with Gasteiger partial charge in [0.2, 0.25) is 0 Å². The minimum atomic E-state index is -0.490. The summed E-state index contributed by atoms with van der Waals surface area (Å²) in [6.45, 7) is 0. The summed E-state index contributed by atoms with van der Waals surface area (Å²) in [5.74, 6) is -0.814. The molecule has 6 heteroatoms. The lowest BCUT2D eigenvalue weighted by molar-refractivity contribution is 0.0992. The Bertz CT molecular complexity index is 665. The van der Waals surface area contributed by atoms with Crippen LogP contribution in [0.15, 0.2) is 30.3 Å². The Hall–Kier alpha value is -1.29. The lowest BCUT2D eigenvalue weighted by Crippen LogP contribution is -2.06. The highest BCUT2D eigenvalue weighted by atomic mass is 35.5. The number of hydrogen-bond donors (Lipinski definition) is 1. The van der Waals surface area contributed by atoms with Crippen molar-refractivity contribution in [3.8, 4) is 0 Å². The number of nitrogens with two attached hydrogens (primary N) is 1. The molecule has 0 unspecified atom stereocenters. The Morgan fingerprint density at radius 2 is 1.70 bits per heavy atom. The predicted octanol–water partition coefficient (Wildman–Crippen LogP) is 4.79. The molecule has 0 atom stereocenters. The van der Waals surface area contributed by atoms with Crippen LogP contribution >= 0.6 is 34.8 Å². The quantitative estimate of drug-likeness (QED) is 0.648. The SMILES string of the molecule is Nc1c(Cl)cc(C(=O)Cc2cc(Cl)ccc2F)cc1Cl. The van der Waals surface area contributed by atoms with Crippen molar-refractivity contribution in [2.75, 3.05) is 5.73 Å². The Balaban J connectivity index is 2.31. The summed E-state index contributed by atoms with van der Waals surface area (Å²) in [6.07, 6.45) is -0.136. The molecular formula is C14H9Cl3FNO.